The predicted octanol–water partition coefficient (Wildman–Crippen LogP) is 2.49. The van der Waals surface area contributed by atoms with Crippen LogP contribution in [-0.2, 0) is 10.0 Å². The molecule has 1 aliphatic rings. The molecule has 0 saturated carbocycles. The quantitative estimate of drug-likeness (QED) is 0.828. The predicted molar refractivity (Wildman–Crippen MR) is 68.1 cm³/mol. The van der Waals surface area contributed by atoms with Crippen LogP contribution >= 0.6 is 0 Å². The summed E-state index contributed by atoms with van der Waals surface area (Å²) in [5, 5.41) is 0. The van der Waals surface area contributed by atoms with Gasteiger partial charge in [0.25, 0.3) is 0 Å². The molecule has 2 unspecified atom stereocenters. The molecule has 0 aromatic heterocycles. The summed E-state index contributed by atoms with van der Waals surface area (Å²) in [6.07, 6.45) is 1.02. The Bertz CT molecular complexity index is 520. The van der Waals surface area contributed by atoms with E-state index in [4.69, 9.17) is 0 Å². The summed E-state index contributed by atoms with van der Waals surface area (Å²) in [5.41, 5.74) is 0. The van der Waals surface area contributed by atoms with Gasteiger partial charge in [-0.25, -0.2) is 12.8 Å². The average Bonchev–Trinajstić information content (AvgIpc) is 2.28. The van der Waals surface area contributed by atoms with Crippen molar-refractivity contribution in [1.29, 1.82) is 0 Å². The Morgan fingerprint density at radius 1 is 1.17 bits per heavy atom. The van der Waals surface area contributed by atoms with Crippen LogP contribution < -0.4 is 0 Å². The molecule has 0 bridgehead atoms. The Hall–Kier alpha value is -0.940. The lowest BCUT2D eigenvalue weighted by Gasteiger charge is -2.34. The SMILES string of the molecule is CC1CC(C)CN(S(=O)(=O)c2ccccc2F)C1. The number of sulfonamides is 1. The van der Waals surface area contributed by atoms with Crippen LogP contribution in [0.3, 0.4) is 0 Å². The van der Waals surface area contributed by atoms with Crippen molar-refractivity contribution < 1.29 is 12.8 Å². The van der Waals surface area contributed by atoms with E-state index in [1.807, 2.05) is 13.8 Å². The molecule has 1 aliphatic heterocycles. The van der Waals surface area contributed by atoms with Gasteiger partial charge < -0.3 is 0 Å². The first-order chi connectivity index (χ1) is 8.41. The maximum atomic E-state index is 13.6. The Labute approximate surface area is 108 Å². The summed E-state index contributed by atoms with van der Waals surface area (Å²) >= 11 is 0. The summed E-state index contributed by atoms with van der Waals surface area (Å²) in [4.78, 5) is -0.216. The van der Waals surface area contributed by atoms with Gasteiger partial charge in [0.1, 0.15) is 10.7 Å². The van der Waals surface area contributed by atoms with E-state index in [0.29, 0.717) is 24.9 Å². The first-order valence-corrected chi connectivity index (χ1v) is 7.60. The average molecular weight is 271 g/mol. The van der Waals surface area contributed by atoms with Gasteiger partial charge in [-0.3, -0.25) is 0 Å². The number of halogens is 1. The maximum Gasteiger partial charge on any atom is 0.246 e. The van der Waals surface area contributed by atoms with Gasteiger partial charge in [0.05, 0.1) is 0 Å². The number of nitrogens with zero attached hydrogens (tertiary/aromatic N) is 1. The van der Waals surface area contributed by atoms with Crippen molar-refractivity contribution in [2.75, 3.05) is 13.1 Å². The van der Waals surface area contributed by atoms with E-state index in [9.17, 15) is 12.8 Å². The van der Waals surface area contributed by atoms with Crippen LogP contribution in [0.5, 0.6) is 0 Å². The Morgan fingerprint density at radius 3 is 2.28 bits per heavy atom. The van der Waals surface area contributed by atoms with Gasteiger partial charge in [0, 0.05) is 13.1 Å². The zero-order valence-electron chi connectivity index (χ0n) is 10.6. The normalized spacial score (nSPS) is 26.2. The van der Waals surface area contributed by atoms with E-state index in [0.717, 1.165) is 6.42 Å². The van der Waals surface area contributed by atoms with Gasteiger partial charge >= 0.3 is 0 Å². The largest absolute Gasteiger partial charge is 0.246 e. The van der Waals surface area contributed by atoms with Crippen molar-refractivity contribution in [2.45, 2.75) is 25.2 Å². The zero-order valence-corrected chi connectivity index (χ0v) is 11.5. The fraction of sp³-hybridized carbons (Fsp3) is 0.538. The molecule has 1 saturated heterocycles. The molecule has 1 fully saturated rings. The second-order valence-electron chi connectivity index (χ2n) is 5.20. The van der Waals surface area contributed by atoms with Crippen LogP contribution in [0, 0.1) is 17.7 Å². The summed E-state index contributed by atoms with van der Waals surface area (Å²) < 4.78 is 39.8. The summed E-state index contributed by atoms with van der Waals surface area (Å²) in [6.45, 7) is 5.00. The molecule has 2 rings (SSSR count). The maximum absolute atomic E-state index is 13.6. The van der Waals surface area contributed by atoms with Crippen LogP contribution in [-0.4, -0.2) is 25.8 Å². The molecule has 1 heterocycles. The molecule has 1 aromatic rings. The van der Waals surface area contributed by atoms with E-state index in [1.165, 1.54) is 22.5 Å². The number of benzene rings is 1. The van der Waals surface area contributed by atoms with E-state index in [-0.39, 0.29) is 4.90 Å². The highest BCUT2D eigenvalue weighted by Crippen LogP contribution is 2.27. The molecule has 0 radical (unpaired) electrons. The van der Waals surface area contributed by atoms with Crippen molar-refractivity contribution >= 4 is 10.0 Å². The topological polar surface area (TPSA) is 37.4 Å². The zero-order chi connectivity index (χ0) is 13.3. The van der Waals surface area contributed by atoms with Crippen molar-refractivity contribution in [1.82, 2.24) is 4.31 Å². The van der Waals surface area contributed by atoms with Crippen LogP contribution in [0.15, 0.2) is 29.2 Å². The first-order valence-electron chi connectivity index (χ1n) is 6.16. The lowest BCUT2D eigenvalue weighted by Crippen LogP contribution is -2.42. The molecule has 0 aliphatic carbocycles. The van der Waals surface area contributed by atoms with E-state index < -0.39 is 15.8 Å². The van der Waals surface area contributed by atoms with Crippen molar-refractivity contribution in [2.24, 2.45) is 11.8 Å². The molecule has 5 heteroatoms. The van der Waals surface area contributed by atoms with Crippen molar-refractivity contribution in [3.63, 3.8) is 0 Å². The minimum Gasteiger partial charge on any atom is -0.207 e. The minimum atomic E-state index is -3.70. The van der Waals surface area contributed by atoms with Crippen molar-refractivity contribution in [3.05, 3.63) is 30.1 Å². The Morgan fingerprint density at radius 2 is 1.72 bits per heavy atom. The standard InChI is InChI=1S/C13H18FNO2S/c1-10-7-11(2)9-15(8-10)18(16,17)13-6-4-3-5-12(13)14/h3-6,10-11H,7-9H2,1-2H3. The van der Waals surface area contributed by atoms with Gasteiger partial charge in [-0.05, 0) is 30.4 Å². The number of rotatable bonds is 2. The van der Waals surface area contributed by atoms with Gasteiger partial charge in [-0.15, -0.1) is 0 Å². The smallest absolute Gasteiger partial charge is 0.207 e. The molecule has 2 atom stereocenters. The molecular weight excluding hydrogens is 253 g/mol. The summed E-state index contributed by atoms with van der Waals surface area (Å²) in [6, 6.07) is 5.56. The van der Waals surface area contributed by atoms with E-state index in [2.05, 4.69) is 0 Å². The number of hydrogen-bond donors (Lipinski definition) is 0. The molecule has 0 N–H and O–H groups in total. The van der Waals surface area contributed by atoms with Gasteiger partial charge in [-0.2, -0.15) is 4.31 Å². The van der Waals surface area contributed by atoms with E-state index >= 15 is 0 Å². The highest BCUT2D eigenvalue weighted by molar-refractivity contribution is 7.89. The third-order valence-electron chi connectivity index (χ3n) is 3.29. The third kappa shape index (κ3) is 2.57. The second-order valence-corrected chi connectivity index (χ2v) is 7.10. The van der Waals surface area contributed by atoms with Gasteiger partial charge in [0.15, 0.2) is 0 Å². The van der Waals surface area contributed by atoms with Gasteiger partial charge in [-0.1, -0.05) is 26.0 Å². The van der Waals surface area contributed by atoms with Crippen LogP contribution in [0.1, 0.15) is 20.3 Å². The lowest BCUT2D eigenvalue weighted by atomic mass is 9.94. The Kier molecular flexibility index (Phi) is 3.73. The fourth-order valence-electron chi connectivity index (χ4n) is 2.60. The van der Waals surface area contributed by atoms with Gasteiger partial charge in [0.2, 0.25) is 10.0 Å². The monoisotopic (exact) mass is 271 g/mol. The molecule has 18 heavy (non-hydrogen) atoms. The van der Waals surface area contributed by atoms with Crippen LogP contribution in [0.4, 0.5) is 4.39 Å². The Balaban J connectivity index is 2.34. The minimum absolute atomic E-state index is 0.216. The second kappa shape index (κ2) is 4.97. The van der Waals surface area contributed by atoms with Crippen LogP contribution in [0.25, 0.3) is 0 Å². The molecule has 0 spiro atoms. The van der Waals surface area contributed by atoms with Crippen molar-refractivity contribution in [3.8, 4) is 0 Å². The number of hydrogen-bond acceptors (Lipinski definition) is 2. The summed E-state index contributed by atoms with van der Waals surface area (Å²) in [5.74, 6) is -0.0472. The third-order valence-corrected chi connectivity index (χ3v) is 5.15. The highest BCUT2D eigenvalue weighted by Gasteiger charge is 2.32. The molecule has 100 valence electrons. The molecular formula is C13H18FNO2S. The number of piperidine rings is 1. The fourth-order valence-corrected chi connectivity index (χ4v) is 4.34. The molecule has 3 nitrogen and oxygen atoms in total. The molecule has 1 aromatic carbocycles. The molecule has 0 amide bonds. The highest BCUT2D eigenvalue weighted by atomic mass is 32.2. The first kappa shape index (κ1) is 13.5. The van der Waals surface area contributed by atoms with E-state index in [1.54, 1.807) is 6.07 Å². The lowest BCUT2D eigenvalue weighted by molar-refractivity contribution is 0.222. The summed E-state index contributed by atoms with van der Waals surface area (Å²) in [7, 11) is -3.70. The van der Waals surface area contributed by atoms with Crippen LogP contribution in [0.2, 0.25) is 0 Å².